The van der Waals surface area contributed by atoms with E-state index < -0.39 is 0 Å². The minimum atomic E-state index is -0.294. The lowest BCUT2D eigenvalue weighted by Gasteiger charge is -2.03. The van der Waals surface area contributed by atoms with Crippen LogP contribution in [0.15, 0.2) is 41.2 Å². The summed E-state index contributed by atoms with van der Waals surface area (Å²) in [6.07, 6.45) is 0. The van der Waals surface area contributed by atoms with Crippen LogP contribution in [0.25, 0.3) is 10.9 Å². The summed E-state index contributed by atoms with van der Waals surface area (Å²) in [5, 5.41) is 8.24. The quantitative estimate of drug-likeness (QED) is 0.691. The molecule has 0 amide bonds. The Labute approximate surface area is 118 Å². The Balaban J connectivity index is 1.97. The Morgan fingerprint density at radius 1 is 1.25 bits per heavy atom. The molecule has 0 spiro atoms. The van der Waals surface area contributed by atoms with Crippen molar-refractivity contribution < 1.29 is 4.79 Å². The van der Waals surface area contributed by atoms with Gasteiger partial charge in [0.1, 0.15) is 12.1 Å². The number of benzene rings is 1. The summed E-state index contributed by atoms with van der Waals surface area (Å²) < 4.78 is 1.11. The number of hydrogen-bond acceptors (Lipinski definition) is 5. The van der Waals surface area contributed by atoms with Crippen molar-refractivity contribution in [2.24, 2.45) is 0 Å². The Kier molecular flexibility index (Phi) is 3.15. The maximum Gasteiger partial charge on any atom is 0.278 e. The number of aryl methyl sites for hydroxylation is 1. The molecular weight excluding hydrogens is 274 g/mol. The van der Waals surface area contributed by atoms with E-state index in [9.17, 15) is 9.59 Å². The summed E-state index contributed by atoms with van der Waals surface area (Å²) in [4.78, 5) is 26.0. The summed E-state index contributed by atoms with van der Waals surface area (Å²) in [5.41, 5.74) is 0.241. The lowest BCUT2D eigenvalue weighted by atomic mass is 10.2. The highest BCUT2D eigenvalue weighted by Crippen LogP contribution is 2.16. The highest BCUT2D eigenvalue weighted by atomic mass is 32.1. The lowest BCUT2D eigenvalue weighted by molar-refractivity contribution is 0.0968. The van der Waals surface area contributed by atoms with E-state index in [1.54, 1.807) is 30.3 Å². The molecule has 2 aromatic heterocycles. The highest BCUT2D eigenvalue weighted by molar-refractivity contribution is 7.14. The van der Waals surface area contributed by atoms with E-state index >= 15 is 0 Å². The van der Waals surface area contributed by atoms with Gasteiger partial charge in [-0.3, -0.25) is 9.59 Å². The van der Waals surface area contributed by atoms with E-state index in [-0.39, 0.29) is 17.9 Å². The molecule has 1 aromatic carbocycles. The molecule has 0 N–H and O–H groups in total. The van der Waals surface area contributed by atoms with Crippen LogP contribution in [0.4, 0.5) is 0 Å². The predicted octanol–water partition coefficient (Wildman–Crippen LogP) is 2.04. The Morgan fingerprint density at radius 2 is 2.05 bits per heavy atom. The first-order chi connectivity index (χ1) is 9.65. The van der Waals surface area contributed by atoms with Crippen LogP contribution in [0.5, 0.6) is 0 Å². The first-order valence-corrected chi connectivity index (χ1v) is 6.89. The second kappa shape index (κ2) is 4.97. The standard InChI is InChI=1S/C14H11N3O2S/c1-9-6-7-13(20-9)12(18)8-17-14(19)10-4-2-3-5-11(10)15-16-17/h2-7H,8H2,1H3. The van der Waals surface area contributed by atoms with E-state index in [4.69, 9.17) is 0 Å². The number of carbonyl (C=O) groups excluding carboxylic acids is 1. The Morgan fingerprint density at radius 3 is 2.80 bits per heavy atom. The third-order valence-corrected chi connectivity index (χ3v) is 3.98. The maximum atomic E-state index is 12.2. The van der Waals surface area contributed by atoms with Crippen molar-refractivity contribution in [2.45, 2.75) is 13.5 Å². The number of nitrogens with zero attached hydrogens (tertiary/aromatic N) is 3. The fraction of sp³-hybridized carbons (Fsp3) is 0.143. The monoisotopic (exact) mass is 285 g/mol. The Hall–Kier alpha value is -2.34. The largest absolute Gasteiger partial charge is 0.291 e. The molecule has 0 aliphatic rings. The molecule has 0 fully saturated rings. The first kappa shape index (κ1) is 12.7. The SMILES string of the molecule is Cc1ccc(C(=O)Cn2nnc3ccccc3c2=O)s1. The lowest BCUT2D eigenvalue weighted by Crippen LogP contribution is -2.27. The smallest absolute Gasteiger partial charge is 0.278 e. The van der Waals surface area contributed by atoms with Gasteiger partial charge >= 0.3 is 0 Å². The summed E-state index contributed by atoms with van der Waals surface area (Å²) >= 11 is 1.41. The number of carbonyl (C=O) groups is 1. The number of ketones is 1. The normalized spacial score (nSPS) is 10.8. The molecule has 0 atom stereocenters. The van der Waals surface area contributed by atoms with Gasteiger partial charge in [-0.15, -0.1) is 16.4 Å². The number of aromatic nitrogens is 3. The van der Waals surface area contributed by atoms with Crippen LogP contribution in [0.1, 0.15) is 14.5 Å². The molecule has 3 rings (SSSR count). The van der Waals surface area contributed by atoms with Gasteiger partial charge in [-0.2, -0.15) is 0 Å². The van der Waals surface area contributed by atoms with Gasteiger partial charge in [0.15, 0.2) is 5.78 Å². The van der Waals surface area contributed by atoms with Crippen LogP contribution in [0.2, 0.25) is 0 Å². The number of rotatable bonds is 3. The maximum absolute atomic E-state index is 12.2. The third kappa shape index (κ3) is 2.25. The van der Waals surface area contributed by atoms with E-state index in [2.05, 4.69) is 10.3 Å². The molecule has 3 aromatic rings. The topological polar surface area (TPSA) is 64.8 Å². The predicted molar refractivity (Wildman–Crippen MR) is 77.2 cm³/mol. The number of Topliss-reactive ketones (excluding diaryl/α,β-unsaturated/α-hetero) is 1. The van der Waals surface area contributed by atoms with Gasteiger partial charge in [-0.1, -0.05) is 17.3 Å². The number of thiophene rings is 1. The molecule has 100 valence electrons. The van der Waals surface area contributed by atoms with Gasteiger partial charge in [0.2, 0.25) is 0 Å². The fourth-order valence-corrected chi connectivity index (χ4v) is 2.72. The van der Waals surface area contributed by atoms with Crippen molar-refractivity contribution in [3.05, 3.63) is 56.5 Å². The van der Waals surface area contributed by atoms with Gasteiger partial charge in [-0.25, -0.2) is 4.68 Å². The third-order valence-electron chi connectivity index (χ3n) is 2.94. The average molecular weight is 285 g/mol. The summed E-state index contributed by atoms with van der Waals surface area (Å²) in [6.45, 7) is 1.85. The molecule has 2 heterocycles. The van der Waals surface area contributed by atoms with Crippen LogP contribution < -0.4 is 5.56 Å². The van der Waals surface area contributed by atoms with Crippen molar-refractivity contribution in [1.29, 1.82) is 0 Å². The fourth-order valence-electron chi connectivity index (χ4n) is 1.93. The van der Waals surface area contributed by atoms with E-state index in [0.29, 0.717) is 15.8 Å². The zero-order valence-corrected chi connectivity index (χ0v) is 11.6. The first-order valence-electron chi connectivity index (χ1n) is 6.07. The van der Waals surface area contributed by atoms with Crippen molar-refractivity contribution in [1.82, 2.24) is 15.0 Å². The van der Waals surface area contributed by atoms with Crippen molar-refractivity contribution in [3.63, 3.8) is 0 Å². The van der Waals surface area contributed by atoms with E-state index in [1.807, 2.05) is 13.0 Å². The molecule has 0 saturated carbocycles. The second-order valence-electron chi connectivity index (χ2n) is 4.40. The van der Waals surface area contributed by atoms with Crippen molar-refractivity contribution >= 4 is 28.0 Å². The van der Waals surface area contributed by atoms with E-state index in [0.717, 1.165) is 9.56 Å². The van der Waals surface area contributed by atoms with Gasteiger partial charge < -0.3 is 0 Å². The molecule has 0 bridgehead atoms. The highest BCUT2D eigenvalue weighted by Gasteiger charge is 2.12. The minimum Gasteiger partial charge on any atom is -0.291 e. The molecule has 20 heavy (non-hydrogen) atoms. The van der Waals surface area contributed by atoms with Gasteiger partial charge in [0.05, 0.1) is 10.3 Å². The van der Waals surface area contributed by atoms with Gasteiger partial charge in [0, 0.05) is 4.88 Å². The molecule has 6 heteroatoms. The molecule has 0 unspecified atom stereocenters. The molecule has 0 aliphatic heterocycles. The van der Waals surface area contributed by atoms with Crippen LogP contribution in [0.3, 0.4) is 0 Å². The van der Waals surface area contributed by atoms with Crippen LogP contribution >= 0.6 is 11.3 Å². The summed E-state index contributed by atoms with van der Waals surface area (Å²) in [6, 6.07) is 10.6. The number of hydrogen-bond donors (Lipinski definition) is 0. The minimum absolute atomic E-state index is 0.0867. The zero-order chi connectivity index (χ0) is 14.1. The van der Waals surface area contributed by atoms with Crippen LogP contribution in [-0.4, -0.2) is 20.8 Å². The average Bonchev–Trinajstić information content (AvgIpc) is 2.89. The van der Waals surface area contributed by atoms with Gasteiger partial charge in [-0.05, 0) is 31.2 Å². The second-order valence-corrected chi connectivity index (χ2v) is 5.69. The molecule has 0 radical (unpaired) electrons. The molecule has 0 saturated heterocycles. The van der Waals surface area contributed by atoms with E-state index in [1.165, 1.54) is 11.3 Å². The zero-order valence-electron chi connectivity index (χ0n) is 10.7. The van der Waals surface area contributed by atoms with Crippen LogP contribution in [-0.2, 0) is 6.54 Å². The van der Waals surface area contributed by atoms with Crippen LogP contribution in [0, 0.1) is 6.92 Å². The molecule has 5 nitrogen and oxygen atoms in total. The molecule has 0 aliphatic carbocycles. The van der Waals surface area contributed by atoms with Crippen molar-refractivity contribution in [2.75, 3.05) is 0 Å². The van der Waals surface area contributed by atoms with Crippen molar-refractivity contribution in [3.8, 4) is 0 Å². The summed E-state index contributed by atoms with van der Waals surface area (Å²) in [5.74, 6) is -0.130. The molecular formula is C14H11N3O2S. The Bertz CT molecular complexity index is 851. The van der Waals surface area contributed by atoms with Gasteiger partial charge in [0.25, 0.3) is 5.56 Å². The summed E-state index contributed by atoms with van der Waals surface area (Å²) in [7, 11) is 0. The number of fused-ring (bicyclic) bond motifs is 1.